The van der Waals surface area contributed by atoms with Gasteiger partial charge in [-0.1, -0.05) is 25.1 Å². The van der Waals surface area contributed by atoms with E-state index in [0.29, 0.717) is 13.2 Å². The molecule has 3 nitrogen and oxygen atoms in total. The van der Waals surface area contributed by atoms with Gasteiger partial charge in [-0.25, -0.2) is 4.39 Å². The van der Waals surface area contributed by atoms with Crippen LogP contribution in [0.15, 0.2) is 24.3 Å². The summed E-state index contributed by atoms with van der Waals surface area (Å²) in [5.74, 6) is -2.33. The molecule has 1 N–H and O–H groups in total. The average molecular weight is 240 g/mol. The first-order chi connectivity index (χ1) is 8.16. The number of halogens is 1. The summed E-state index contributed by atoms with van der Waals surface area (Å²) in [6.45, 7) is 2.91. The summed E-state index contributed by atoms with van der Waals surface area (Å²) in [5.41, 5.74) is 0.222. The molecule has 1 rings (SSSR count). The number of carboxylic acids is 1. The second-order valence-electron chi connectivity index (χ2n) is 3.81. The summed E-state index contributed by atoms with van der Waals surface area (Å²) in [6.07, 6.45) is 1.17. The lowest BCUT2D eigenvalue weighted by Crippen LogP contribution is -2.15. The molecule has 1 atom stereocenters. The fourth-order valence-electron chi connectivity index (χ4n) is 1.62. The molecular weight excluding hydrogens is 223 g/mol. The van der Waals surface area contributed by atoms with E-state index in [2.05, 4.69) is 0 Å². The van der Waals surface area contributed by atoms with Crippen molar-refractivity contribution in [1.29, 1.82) is 0 Å². The molecule has 0 saturated carbocycles. The minimum Gasteiger partial charge on any atom is -0.481 e. The van der Waals surface area contributed by atoms with Gasteiger partial charge in [0.2, 0.25) is 0 Å². The average Bonchev–Trinajstić information content (AvgIpc) is 2.30. The Labute approximate surface area is 100 Å². The van der Waals surface area contributed by atoms with Crippen LogP contribution in [0.1, 0.15) is 31.2 Å². The van der Waals surface area contributed by atoms with Crippen LogP contribution in [0.3, 0.4) is 0 Å². The highest BCUT2D eigenvalue weighted by atomic mass is 19.1. The minimum atomic E-state index is -1.02. The van der Waals surface area contributed by atoms with Crippen LogP contribution in [0.4, 0.5) is 4.39 Å². The summed E-state index contributed by atoms with van der Waals surface area (Å²) in [5, 5.41) is 9.09. The molecule has 0 saturated heterocycles. The Morgan fingerprint density at radius 2 is 2.12 bits per heavy atom. The maximum absolute atomic E-state index is 13.5. The lowest BCUT2D eigenvalue weighted by Gasteiger charge is -2.13. The molecule has 0 radical (unpaired) electrons. The van der Waals surface area contributed by atoms with E-state index >= 15 is 0 Å². The molecule has 1 aromatic carbocycles. The highest BCUT2D eigenvalue weighted by Crippen LogP contribution is 2.22. The van der Waals surface area contributed by atoms with Gasteiger partial charge < -0.3 is 9.84 Å². The fraction of sp³-hybridized carbons (Fsp3) is 0.462. The van der Waals surface area contributed by atoms with Crippen molar-refractivity contribution in [3.63, 3.8) is 0 Å². The predicted molar refractivity (Wildman–Crippen MR) is 62.5 cm³/mol. The van der Waals surface area contributed by atoms with Crippen LogP contribution in [0.5, 0.6) is 0 Å². The number of carboxylic acid groups (broad SMARTS) is 1. The summed E-state index contributed by atoms with van der Waals surface area (Å²) < 4.78 is 18.7. The van der Waals surface area contributed by atoms with Crippen molar-refractivity contribution >= 4 is 5.97 Å². The Hall–Kier alpha value is -1.42. The van der Waals surface area contributed by atoms with Crippen molar-refractivity contribution in [2.45, 2.75) is 25.7 Å². The van der Waals surface area contributed by atoms with E-state index in [1.165, 1.54) is 12.1 Å². The third-order valence-electron chi connectivity index (χ3n) is 2.48. The van der Waals surface area contributed by atoms with Gasteiger partial charge >= 0.3 is 5.97 Å². The lowest BCUT2D eigenvalue weighted by molar-refractivity contribution is -0.139. The highest BCUT2D eigenvalue weighted by Gasteiger charge is 2.22. The van der Waals surface area contributed by atoms with E-state index in [1.54, 1.807) is 12.1 Å². The maximum atomic E-state index is 13.5. The second kappa shape index (κ2) is 7.01. The first-order valence-corrected chi connectivity index (χ1v) is 5.71. The molecule has 0 spiro atoms. The molecule has 0 heterocycles. The van der Waals surface area contributed by atoms with Crippen LogP contribution in [-0.2, 0) is 9.53 Å². The molecule has 0 aliphatic heterocycles. The Morgan fingerprint density at radius 3 is 2.71 bits per heavy atom. The summed E-state index contributed by atoms with van der Waals surface area (Å²) >= 11 is 0. The normalized spacial score (nSPS) is 12.4. The van der Waals surface area contributed by atoms with Crippen molar-refractivity contribution in [2.24, 2.45) is 0 Å². The first kappa shape index (κ1) is 13.6. The Bertz CT molecular complexity index is 365. The van der Waals surface area contributed by atoms with Gasteiger partial charge in [0, 0.05) is 18.8 Å². The molecule has 17 heavy (non-hydrogen) atoms. The molecule has 0 bridgehead atoms. The predicted octanol–water partition coefficient (Wildman–Crippen LogP) is 2.81. The van der Waals surface area contributed by atoms with Crippen molar-refractivity contribution in [3.8, 4) is 0 Å². The van der Waals surface area contributed by atoms with E-state index in [4.69, 9.17) is 9.84 Å². The zero-order chi connectivity index (χ0) is 12.7. The topological polar surface area (TPSA) is 46.5 Å². The monoisotopic (exact) mass is 240 g/mol. The molecule has 0 aliphatic carbocycles. The number of hydrogen-bond acceptors (Lipinski definition) is 2. The Balaban J connectivity index is 2.66. The number of rotatable bonds is 7. The standard InChI is InChI=1S/C13H17FO3/c1-2-8-17-9-7-11(13(15)16)10-5-3-4-6-12(10)14/h3-6,11H,2,7-9H2,1H3,(H,15,16). The van der Waals surface area contributed by atoms with Crippen molar-refractivity contribution in [3.05, 3.63) is 35.6 Å². The van der Waals surface area contributed by atoms with E-state index in [1.807, 2.05) is 6.92 Å². The van der Waals surface area contributed by atoms with E-state index in [9.17, 15) is 9.18 Å². The SMILES string of the molecule is CCCOCCC(C(=O)O)c1ccccc1F. The van der Waals surface area contributed by atoms with Gasteiger partial charge in [0.05, 0.1) is 5.92 Å². The maximum Gasteiger partial charge on any atom is 0.311 e. The number of hydrogen-bond donors (Lipinski definition) is 1. The largest absolute Gasteiger partial charge is 0.481 e. The molecule has 1 aromatic rings. The Kier molecular flexibility index (Phi) is 5.63. The quantitative estimate of drug-likeness (QED) is 0.745. The van der Waals surface area contributed by atoms with Crippen LogP contribution in [0, 0.1) is 5.82 Å². The third-order valence-corrected chi connectivity index (χ3v) is 2.48. The van der Waals surface area contributed by atoms with Gasteiger partial charge in [0.25, 0.3) is 0 Å². The number of carbonyl (C=O) groups is 1. The number of benzene rings is 1. The molecule has 0 amide bonds. The van der Waals surface area contributed by atoms with Crippen molar-refractivity contribution in [2.75, 3.05) is 13.2 Å². The van der Waals surface area contributed by atoms with Crippen LogP contribution in [0.2, 0.25) is 0 Å². The second-order valence-corrected chi connectivity index (χ2v) is 3.81. The van der Waals surface area contributed by atoms with Gasteiger partial charge in [0.1, 0.15) is 5.82 Å². The lowest BCUT2D eigenvalue weighted by atomic mass is 9.96. The van der Waals surface area contributed by atoms with Crippen molar-refractivity contribution in [1.82, 2.24) is 0 Å². The summed E-state index contributed by atoms with van der Waals surface area (Å²) in [7, 11) is 0. The van der Waals surface area contributed by atoms with Crippen LogP contribution in [0.25, 0.3) is 0 Å². The minimum absolute atomic E-state index is 0.222. The molecule has 0 aromatic heterocycles. The number of ether oxygens (including phenoxy) is 1. The zero-order valence-corrected chi connectivity index (χ0v) is 9.86. The van der Waals surface area contributed by atoms with Crippen LogP contribution < -0.4 is 0 Å². The van der Waals surface area contributed by atoms with E-state index < -0.39 is 17.7 Å². The smallest absolute Gasteiger partial charge is 0.311 e. The molecular formula is C13H17FO3. The molecule has 94 valence electrons. The molecule has 0 fully saturated rings. The Morgan fingerprint density at radius 1 is 1.41 bits per heavy atom. The highest BCUT2D eigenvalue weighted by molar-refractivity contribution is 5.76. The summed E-state index contributed by atoms with van der Waals surface area (Å²) in [4.78, 5) is 11.1. The molecule has 1 unspecified atom stereocenters. The summed E-state index contributed by atoms with van der Waals surface area (Å²) in [6, 6.07) is 5.97. The number of aliphatic carboxylic acids is 1. The molecule has 0 aliphatic rings. The van der Waals surface area contributed by atoms with Gasteiger partial charge in [-0.05, 0) is 18.9 Å². The van der Waals surface area contributed by atoms with Crippen LogP contribution >= 0.6 is 0 Å². The van der Waals surface area contributed by atoms with Crippen LogP contribution in [-0.4, -0.2) is 24.3 Å². The van der Waals surface area contributed by atoms with Gasteiger partial charge in [-0.3, -0.25) is 4.79 Å². The van der Waals surface area contributed by atoms with Gasteiger partial charge in [-0.15, -0.1) is 0 Å². The van der Waals surface area contributed by atoms with Crippen molar-refractivity contribution < 1.29 is 19.0 Å². The zero-order valence-electron chi connectivity index (χ0n) is 9.86. The fourth-order valence-corrected chi connectivity index (χ4v) is 1.62. The van der Waals surface area contributed by atoms with E-state index in [0.717, 1.165) is 6.42 Å². The third kappa shape index (κ3) is 4.15. The molecule has 4 heteroatoms. The van der Waals surface area contributed by atoms with Gasteiger partial charge in [-0.2, -0.15) is 0 Å². The van der Waals surface area contributed by atoms with E-state index in [-0.39, 0.29) is 12.0 Å². The van der Waals surface area contributed by atoms with Gasteiger partial charge in [0.15, 0.2) is 0 Å². The first-order valence-electron chi connectivity index (χ1n) is 5.71.